The third-order valence-corrected chi connectivity index (χ3v) is 3.83. The monoisotopic (exact) mass is 347 g/mol. The van der Waals surface area contributed by atoms with Gasteiger partial charge in [-0.3, -0.25) is 4.79 Å². The van der Waals surface area contributed by atoms with Gasteiger partial charge in [-0.05, 0) is 38.0 Å². The van der Waals surface area contributed by atoms with Gasteiger partial charge in [-0.25, -0.2) is 9.18 Å². The second-order valence-electron chi connectivity index (χ2n) is 5.73. The van der Waals surface area contributed by atoms with Crippen LogP contribution in [0.25, 0.3) is 0 Å². The van der Waals surface area contributed by atoms with Crippen LogP contribution in [0.15, 0.2) is 28.8 Å². The van der Waals surface area contributed by atoms with Crippen molar-refractivity contribution in [3.63, 3.8) is 0 Å². The molecule has 1 atom stereocenters. The summed E-state index contributed by atoms with van der Waals surface area (Å²) >= 11 is 0. The summed E-state index contributed by atoms with van der Waals surface area (Å²) in [6.45, 7) is 2.24. The number of anilines is 1. The number of aryl methyl sites for hydroxylation is 1. The van der Waals surface area contributed by atoms with Crippen LogP contribution in [0, 0.1) is 12.7 Å². The summed E-state index contributed by atoms with van der Waals surface area (Å²) < 4.78 is 18.3. The van der Waals surface area contributed by atoms with Gasteiger partial charge in [0.25, 0.3) is 0 Å². The van der Waals surface area contributed by atoms with Crippen molar-refractivity contribution < 1.29 is 18.5 Å². The summed E-state index contributed by atoms with van der Waals surface area (Å²) in [5.41, 5.74) is 0.484. The number of hydrogen-bond acceptors (Lipinski definition) is 5. The van der Waals surface area contributed by atoms with Crippen LogP contribution in [0.1, 0.15) is 24.6 Å². The number of hydrogen-bond donors (Lipinski definition) is 2. The van der Waals surface area contributed by atoms with E-state index >= 15 is 0 Å². The van der Waals surface area contributed by atoms with E-state index < -0.39 is 17.9 Å². The van der Waals surface area contributed by atoms with Crippen molar-refractivity contribution in [2.75, 3.05) is 11.4 Å². The summed E-state index contributed by atoms with van der Waals surface area (Å²) in [6, 6.07) is 4.67. The summed E-state index contributed by atoms with van der Waals surface area (Å²) in [4.78, 5) is 30.0. The Morgan fingerprint density at radius 1 is 1.48 bits per heavy atom. The summed E-state index contributed by atoms with van der Waals surface area (Å²) in [7, 11) is 0. The molecular formula is C16H18FN5O3. The van der Waals surface area contributed by atoms with E-state index in [1.807, 2.05) is 0 Å². The molecule has 132 valence electrons. The molecule has 3 amide bonds. The summed E-state index contributed by atoms with van der Waals surface area (Å²) in [5, 5.41) is 8.83. The first kappa shape index (κ1) is 16.9. The summed E-state index contributed by atoms with van der Waals surface area (Å²) in [5.74, 6) is 0.0861. The van der Waals surface area contributed by atoms with Crippen molar-refractivity contribution in [2.45, 2.75) is 32.4 Å². The molecule has 2 aromatic rings. The maximum atomic E-state index is 13.4. The highest BCUT2D eigenvalue weighted by Gasteiger charge is 2.31. The fraction of sp³-hybridized carbons (Fsp3) is 0.375. The first-order valence-corrected chi connectivity index (χ1v) is 7.93. The fourth-order valence-corrected chi connectivity index (χ4v) is 2.69. The highest BCUT2D eigenvalue weighted by molar-refractivity contribution is 5.99. The molecule has 1 aliphatic heterocycles. The molecular weight excluding hydrogens is 329 g/mol. The molecule has 1 fully saturated rings. The molecule has 0 radical (unpaired) electrons. The van der Waals surface area contributed by atoms with E-state index in [0.717, 1.165) is 0 Å². The smallest absolute Gasteiger partial charge is 0.315 e. The number of amides is 3. The van der Waals surface area contributed by atoms with Gasteiger partial charge in [-0.2, -0.15) is 4.98 Å². The zero-order chi connectivity index (χ0) is 17.8. The SMILES string of the molecule is Cc1noc(CNC(=O)NC2CCCN(c3cccc(F)c3)C2=O)n1. The Morgan fingerprint density at radius 2 is 2.32 bits per heavy atom. The van der Waals surface area contributed by atoms with Gasteiger partial charge in [-0.1, -0.05) is 11.2 Å². The molecule has 0 spiro atoms. The van der Waals surface area contributed by atoms with Crippen molar-refractivity contribution in [1.82, 2.24) is 20.8 Å². The van der Waals surface area contributed by atoms with E-state index in [1.165, 1.54) is 17.0 Å². The number of piperidine rings is 1. The number of urea groups is 1. The zero-order valence-electron chi connectivity index (χ0n) is 13.7. The fourth-order valence-electron chi connectivity index (χ4n) is 2.69. The predicted octanol–water partition coefficient (Wildman–Crippen LogP) is 1.51. The molecule has 0 bridgehead atoms. The van der Waals surface area contributed by atoms with Crippen LogP contribution in [0.2, 0.25) is 0 Å². The van der Waals surface area contributed by atoms with Gasteiger partial charge in [0.2, 0.25) is 11.8 Å². The minimum Gasteiger partial charge on any atom is -0.337 e. The van der Waals surface area contributed by atoms with Crippen LogP contribution < -0.4 is 15.5 Å². The molecule has 1 aliphatic rings. The summed E-state index contributed by atoms with van der Waals surface area (Å²) in [6.07, 6.45) is 1.23. The lowest BCUT2D eigenvalue weighted by Gasteiger charge is -2.32. The Morgan fingerprint density at radius 3 is 3.04 bits per heavy atom. The van der Waals surface area contributed by atoms with Gasteiger partial charge in [-0.15, -0.1) is 0 Å². The van der Waals surface area contributed by atoms with E-state index in [4.69, 9.17) is 4.52 Å². The quantitative estimate of drug-likeness (QED) is 0.873. The molecule has 25 heavy (non-hydrogen) atoms. The third kappa shape index (κ3) is 4.11. The van der Waals surface area contributed by atoms with Gasteiger partial charge >= 0.3 is 6.03 Å². The maximum absolute atomic E-state index is 13.4. The second kappa shape index (κ2) is 7.29. The molecule has 1 aromatic heterocycles. The number of carbonyl (C=O) groups excluding carboxylic acids is 2. The number of rotatable bonds is 4. The molecule has 0 aliphatic carbocycles. The lowest BCUT2D eigenvalue weighted by Crippen LogP contribution is -2.54. The van der Waals surface area contributed by atoms with Gasteiger partial charge in [0.05, 0.1) is 6.54 Å². The van der Waals surface area contributed by atoms with E-state index in [1.54, 1.807) is 19.1 Å². The Labute approximate surface area is 143 Å². The lowest BCUT2D eigenvalue weighted by molar-refractivity contribution is -0.121. The topological polar surface area (TPSA) is 100 Å². The van der Waals surface area contributed by atoms with Crippen LogP contribution in [0.4, 0.5) is 14.9 Å². The van der Waals surface area contributed by atoms with E-state index in [9.17, 15) is 14.0 Å². The molecule has 0 saturated carbocycles. The number of nitrogens with one attached hydrogen (secondary N) is 2. The normalized spacial score (nSPS) is 17.4. The van der Waals surface area contributed by atoms with Crippen molar-refractivity contribution in [3.8, 4) is 0 Å². The van der Waals surface area contributed by atoms with Crippen LogP contribution in [-0.4, -0.2) is 34.7 Å². The largest absolute Gasteiger partial charge is 0.337 e. The average molecular weight is 347 g/mol. The van der Waals surface area contributed by atoms with Crippen molar-refractivity contribution in [1.29, 1.82) is 0 Å². The zero-order valence-corrected chi connectivity index (χ0v) is 13.7. The average Bonchev–Trinajstić information content (AvgIpc) is 3.00. The first-order chi connectivity index (χ1) is 12.0. The first-order valence-electron chi connectivity index (χ1n) is 7.93. The highest BCUT2D eigenvalue weighted by atomic mass is 19.1. The van der Waals surface area contributed by atoms with E-state index in [2.05, 4.69) is 20.8 Å². The number of halogens is 1. The van der Waals surface area contributed by atoms with Crippen LogP contribution in [0.3, 0.4) is 0 Å². The maximum Gasteiger partial charge on any atom is 0.315 e. The minimum atomic E-state index is -0.665. The number of aromatic nitrogens is 2. The molecule has 9 heteroatoms. The lowest BCUT2D eigenvalue weighted by atomic mass is 10.0. The minimum absolute atomic E-state index is 0.0706. The highest BCUT2D eigenvalue weighted by Crippen LogP contribution is 2.21. The Balaban J connectivity index is 1.58. The van der Waals surface area contributed by atoms with Crippen LogP contribution in [0.5, 0.6) is 0 Å². The van der Waals surface area contributed by atoms with Crippen molar-refractivity contribution >= 4 is 17.6 Å². The molecule has 8 nitrogen and oxygen atoms in total. The van der Waals surface area contributed by atoms with Crippen LogP contribution in [-0.2, 0) is 11.3 Å². The van der Waals surface area contributed by atoms with Gasteiger partial charge in [0.15, 0.2) is 5.82 Å². The molecule has 1 aromatic carbocycles. The number of benzene rings is 1. The molecule has 1 unspecified atom stereocenters. The van der Waals surface area contributed by atoms with E-state index in [-0.39, 0.29) is 18.3 Å². The van der Waals surface area contributed by atoms with Crippen LogP contribution >= 0.6 is 0 Å². The number of carbonyl (C=O) groups is 2. The molecule has 2 N–H and O–H groups in total. The third-order valence-electron chi connectivity index (χ3n) is 3.83. The predicted molar refractivity (Wildman–Crippen MR) is 86.2 cm³/mol. The number of nitrogens with zero attached hydrogens (tertiary/aromatic N) is 3. The standard InChI is InChI=1S/C16H18FN5O3/c1-10-19-14(25-21-10)9-18-16(24)20-13-6-3-7-22(15(13)23)12-5-2-4-11(17)8-12/h2,4-5,8,13H,3,6-7,9H2,1H3,(H2,18,20,24). The van der Waals surface area contributed by atoms with Gasteiger partial charge in [0.1, 0.15) is 11.9 Å². The Hall–Kier alpha value is -2.97. The van der Waals surface area contributed by atoms with Crippen molar-refractivity contribution in [2.24, 2.45) is 0 Å². The molecule has 3 rings (SSSR count). The van der Waals surface area contributed by atoms with Gasteiger partial charge < -0.3 is 20.1 Å². The van der Waals surface area contributed by atoms with E-state index in [0.29, 0.717) is 30.9 Å². The van der Waals surface area contributed by atoms with Crippen molar-refractivity contribution in [3.05, 3.63) is 41.8 Å². The Kier molecular flexibility index (Phi) is 4.92. The van der Waals surface area contributed by atoms with Gasteiger partial charge in [0, 0.05) is 12.2 Å². The molecule has 2 heterocycles. The Bertz CT molecular complexity index is 779. The molecule has 1 saturated heterocycles. The second-order valence-corrected chi connectivity index (χ2v) is 5.73.